The zero-order valence-electron chi connectivity index (χ0n) is 10.7. The highest BCUT2D eigenvalue weighted by Gasteiger charge is 1.96. The molecule has 0 aliphatic rings. The summed E-state index contributed by atoms with van der Waals surface area (Å²) in [5, 5.41) is 11.9. The normalized spacial score (nSPS) is 12.9. The Morgan fingerprint density at radius 1 is 1.06 bits per heavy atom. The van der Waals surface area contributed by atoms with Crippen molar-refractivity contribution in [2.24, 2.45) is 0 Å². The van der Waals surface area contributed by atoms with Crippen molar-refractivity contribution in [2.75, 3.05) is 39.6 Å². The van der Waals surface area contributed by atoms with E-state index in [1.807, 2.05) is 0 Å². The molecule has 0 saturated heterocycles. The van der Waals surface area contributed by atoms with Gasteiger partial charge in [-0.2, -0.15) is 0 Å². The fourth-order valence-electron chi connectivity index (χ4n) is 1.16. The molecular weight excluding hydrogens is 206 g/mol. The van der Waals surface area contributed by atoms with Gasteiger partial charge in [0.05, 0.1) is 13.2 Å². The van der Waals surface area contributed by atoms with Gasteiger partial charge in [-0.3, -0.25) is 0 Å². The Bertz CT molecular complexity index is 133. The zero-order chi connectivity index (χ0) is 12.1. The molecule has 0 spiro atoms. The summed E-state index contributed by atoms with van der Waals surface area (Å²) in [4.78, 5) is 0. The second-order valence-electron chi connectivity index (χ2n) is 3.92. The summed E-state index contributed by atoms with van der Waals surface area (Å²) in [6, 6.07) is 0.599. The van der Waals surface area contributed by atoms with E-state index in [0.29, 0.717) is 32.3 Å². The number of hydrogen-bond acceptors (Lipinski definition) is 4. The second kappa shape index (κ2) is 12.9. The van der Waals surface area contributed by atoms with Crippen LogP contribution in [-0.2, 0) is 9.47 Å². The molecule has 1 unspecified atom stereocenters. The van der Waals surface area contributed by atoms with Gasteiger partial charge in [-0.1, -0.05) is 6.92 Å². The molecule has 0 radical (unpaired) electrons. The number of nitrogens with one attached hydrogen (secondary N) is 1. The molecule has 0 aromatic carbocycles. The van der Waals surface area contributed by atoms with Gasteiger partial charge in [-0.25, -0.2) is 0 Å². The molecule has 0 rings (SSSR count). The third-order valence-electron chi connectivity index (χ3n) is 2.39. The Labute approximate surface area is 99.3 Å². The van der Waals surface area contributed by atoms with E-state index < -0.39 is 0 Å². The quantitative estimate of drug-likeness (QED) is 0.497. The van der Waals surface area contributed by atoms with E-state index in [1.54, 1.807) is 0 Å². The molecule has 0 aliphatic heterocycles. The summed E-state index contributed by atoms with van der Waals surface area (Å²) in [7, 11) is 0. The number of ether oxygens (including phenoxy) is 2. The van der Waals surface area contributed by atoms with Gasteiger partial charge in [0, 0.05) is 25.9 Å². The molecule has 0 heterocycles. The highest BCUT2D eigenvalue weighted by atomic mass is 16.5. The van der Waals surface area contributed by atoms with Crippen LogP contribution in [0.1, 0.15) is 33.1 Å². The van der Waals surface area contributed by atoms with Gasteiger partial charge >= 0.3 is 0 Å². The lowest BCUT2D eigenvalue weighted by Gasteiger charge is -2.11. The first-order valence-electron chi connectivity index (χ1n) is 6.31. The van der Waals surface area contributed by atoms with Crippen LogP contribution in [0.5, 0.6) is 0 Å². The van der Waals surface area contributed by atoms with Crippen LogP contribution in [0.3, 0.4) is 0 Å². The molecule has 4 heteroatoms. The highest BCUT2D eigenvalue weighted by molar-refractivity contribution is 4.56. The minimum absolute atomic E-state index is 0.197. The second-order valence-corrected chi connectivity index (χ2v) is 3.92. The van der Waals surface area contributed by atoms with Crippen molar-refractivity contribution in [2.45, 2.75) is 39.2 Å². The average molecular weight is 233 g/mol. The van der Waals surface area contributed by atoms with E-state index in [9.17, 15) is 0 Å². The molecule has 0 aliphatic carbocycles. The number of aliphatic hydroxyl groups excluding tert-OH is 1. The lowest BCUT2D eigenvalue weighted by Crippen LogP contribution is -2.26. The van der Waals surface area contributed by atoms with Crippen molar-refractivity contribution in [3.05, 3.63) is 0 Å². The molecule has 98 valence electrons. The Balaban J connectivity index is 2.93. The van der Waals surface area contributed by atoms with E-state index in [0.717, 1.165) is 19.6 Å². The molecule has 0 aromatic heterocycles. The van der Waals surface area contributed by atoms with Crippen molar-refractivity contribution in [3.8, 4) is 0 Å². The molecule has 0 aromatic rings. The van der Waals surface area contributed by atoms with Crippen LogP contribution < -0.4 is 5.32 Å². The predicted octanol–water partition coefficient (Wildman–Crippen LogP) is 1.18. The first-order chi connectivity index (χ1) is 7.81. The van der Waals surface area contributed by atoms with Crippen molar-refractivity contribution in [1.29, 1.82) is 0 Å². The van der Waals surface area contributed by atoms with Gasteiger partial charge in [0.25, 0.3) is 0 Å². The first-order valence-corrected chi connectivity index (χ1v) is 6.31. The van der Waals surface area contributed by atoms with Crippen molar-refractivity contribution in [3.63, 3.8) is 0 Å². The maximum Gasteiger partial charge on any atom is 0.0700 e. The van der Waals surface area contributed by atoms with E-state index in [4.69, 9.17) is 14.6 Å². The summed E-state index contributed by atoms with van der Waals surface area (Å²) in [5.41, 5.74) is 0. The van der Waals surface area contributed by atoms with Gasteiger partial charge < -0.3 is 19.9 Å². The topological polar surface area (TPSA) is 50.7 Å². The number of rotatable bonds is 12. The molecular formula is C12H27NO3. The fourth-order valence-corrected chi connectivity index (χ4v) is 1.16. The molecule has 1 atom stereocenters. The molecule has 0 bridgehead atoms. The summed E-state index contributed by atoms with van der Waals surface area (Å²) < 4.78 is 10.6. The summed E-state index contributed by atoms with van der Waals surface area (Å²) in [6.45, 7) is 8.26. The Morgan fingerprint density at radius 2 is 1.69 bits per heavy atom. The lowest BCUT2D eigenvalue weighted by molar-refractivity contribution is 0.0418. The van der Waals surface area contributed by atoms with Crippen molar-refractivity contribution >= 4 is 0 Å². The maximum atomic E-state index is 8.51. The number of hydrogen-bond donors (Lipinski definition) is 2. The Hall–Kier alpha value is -0.160. The fraction of sp³-hybridized carbons (Fsp3) is 1.00. The van der Waals surface area contributed by atoms with Crippen LogP contribution in [-0.4, -0.2) is 50.7 Å². The van der Waals surface area contributed by atoms with Gasteiger partial charge in [-0.15, -0.1) is 0 Å². The largest absolute Gasteiger partial charge is 0.396 e. The highest BCUT2D eigenvalue weighted by Crippen LogP contribution is 1.89. The zero-order valence-corrected chi connectivity index (χ0v) is 10.7. The Kier molecular flexibility index (Phi) is 12.8. The third kappa shape index (κ3) is 11.9. The summed E-state index contributed by atoms with van der Waals surface area (Å²) in [5.74, 6) is 0. The molecule has 16 heavy (non-hydrogen) atoms. The van der Waals surface area contributed by atoms with Gasteiger partial charge in [0.15, 0.2) is 0 Å². The van der Waals surface area contributed by atoms with Crippen molar-refractivity contribution < 1.29 is 14.6 Å². The van der Waals surface area contributed by atoms with E-state index in [-0.39, 0.29) is 6.61 Å². The van der Waals surface area contributed by atoms with Crippen LogP contribution >= 0.6 is 0 Å². The number of aliphatic hydroxyl groups is 1. The van der Waals surface area contributed by atoms with Gasteiger partial charge in [0.1, 0.15) is 0 Å². The average Bonchev–Trinajstić information content (AvgIpc) is 2.31. The molecule has 4 nitrogen and oxygen atoms in total. The maximum absolute atomic E-state index is 8.51. The molecule has 0 saturated carbocycles. The smallest absolute Gasteiger partial charge is 0.0700 e. The Morgan fingerprint density at radius 3 is 2.25 bits per heavy atom. The van der Waals surface area contributed by atoms with Crippen molar-refractivity contribution in [1.82, 2.24) is 5.32 Å². The van der Waals surface area contributed by atoms with Crippen LogP contribution in [0.4, 0.5) is 0 Å². The van der Waals surface area contributed by atoms with Crippen LogP contribution in [0.2, 0.25) is 0 Å². The van der Waals surface area contributed by atoms with E-state index in [1.165, 1.54) is 6.42 Å². The summed E-state index contributed by atoms with van der Waals surface area (Å²) >= 11 is 0. The lowest BCUT2D eigenvalue weighted by atomic mass is 10.2. The predicted molar refractivity (Wildman–Crippen MR) is 65.7 cm³/mol. The molecule has 0 fully saturated rings. The van der Waals surface area contributed by atoms with Gasteiger partial charge in [0.2, 0.25) is 0 Å². The first kappa shape index (κ1) is 15.8. The van der Waals surface area contributed by atoms with E-state index >= 15 is 0 Å². The standard InChI is InChI=1S/C12H27NO3/c1-3-12(2)13-6-4-8-15-10-11-16-9-5-7-14/h12-14H,3-11H2,1-2H3. The monoisotopic (exact) mass is 233 g/mol. The SMILES string of the molecule is CCC(C)NCCCOCCOCCCO. The van der Waals surface area contributed by atoms with Crippen LogP contribution in [0.15, 0.2) is 0 Å². The molecule has 0 amide bonds. The summed E-state index contributed by atoms with van der Waals surface area (Å²) in [6.07, 6.45) is 2.92. The minimum Gasteiger partial charge on any atom is -0.396 e. The van der Waals surface area contributed by atoms with Gasteiger partial charge in [-0.05, 0) is 32.7 Å². The van der Waals surface area contributed by atoms with Crippen LogP contribution in [0, 0.1) is 0 Å². The van der Waals surface area contributed by atoms with Crippen LogP contribution in [0.25, 0.3) is 0 Å². The van der Waals surface area contributed by atoms with E-state index in [2.05, 4.69) is 19.2 Å². The minimum atomic E-state index is 0.197. The molecule has 2 N–H and O–H groups in total. The third-order valence-corrected chi connectivity index (χ3v) is 2.39.